The number of pyridine rings is 1. The molecule has 0 unspecified atom stereocenters. The molecular formula is C17H24N4O4. The first-order valence-electron chi connectivity index (χ1n) is 8.36. The van der Waals surface area contributed by atoms with Crippen molar-refractivity contribution in [3.05, 3.63) is 30.6 Å². The summed E-state index contributed by atoms with van der Waals surface area (Å²) in [5, 5.41) is 19.1. The highest BCUT2D eigenvalue weighted by Gasteiger charge is 2.16. The highest BCUT2D eigenvalue weighted by molar-refractivity contribution is 5.89. The quantitative estimate of drug-likeness (QED) is 0.686. The van der Waals surface area contributed by atoms with Gasteiger partial charge in [-0.1, -0.05) is 0 Å². The van der Waals surface area contributed by atoms with E-state index in [1.54, 1.807) is 0 Å². The summed E-state index contributed by atoms with van der Waals surface area (Å²) in [4.78, 5) is 28.3. The van der Waals surface area contributed by atoms with Crippen LogP contribution >= 0.6 is 0 Å². The highest BCUT2D eigenvalue weighted by atomic mass is 16.4. The Bertz CT molecular complexity index is 592. The van der Waals surface area contributed by atoms with Gasteiger partial charge in [-0.05, 0) is 25.5 Å². The average molecular weight is 348 g/mol. The molecule has 1 aromatic rings. The minimum atomic E-state index is -1.26. The smallest absolute Gasteiger partial charge is 0.328 e. The van der Waals surface area contributed by atoms with E-state index in [-0.39, 0.29) is 0 Å². The van der Waals surface area contributed by atoms with Crippen LogP contribution in [0.15, 0.2) is 30.6 Å². The Morgan fingerprint density at radius 2 is 1.48 bits per heavy atom. The number of aromatic nitrogens is 1. The first-order chi connectivity index (χ1) is 12.1. The lowest BCUT2D eigenvalue weighted by Gasteiger charge is -2.33. The summed E-state index contributed by atoms with van der Waals surface area (Å²) in [7, 11) is 0. The van der Waals surface area contributed by atoms with Crippen molar-refractivity contribution in [2.24, 2.45) is 0 Å². The van der Waals surface area contributed by atoms with Crippen LogP contribution in [0.25, 0.3) is 0 Å². The Labute approximate surface area is 146 Å². The van der Waals surface area contributed by atoms with E-state index in [0.717, 1.165) is 26.2 Å². The Kier molecular flexibility index (Phi) is 7.21. The third-order valence-corrected chi connectivity index (χ3v) is 4.00. The number of hydrogen-bond donors (Lipinski definition) is 3. The molecule has 1 aromatic heterocycles. The molecule has 0 bridgehead atoms. The van der Waals surface area contributed by atoms with E-state index in [1.807, 2.05) is 12.4 Å². The van der Waals surface area contributed by atoms with Gasteiger partial charge in [-0.2, -0.15) is 0 Å². The normalized spacial score (nSPS) is 17.3. The molecule has 25 heavy (non-hydrogen) atoms. The number of nitrogens with one attached hydrogen (secondary N) is 1. The maximum absolute atomic E-state index is 9.55. The van der Waals surface area contributed by atoms with Crippen molar-refractivity contribution in [3.63, 3.8) is 0 Å². The third-order valence-electron chi connectivity index (χ3n) is 4.00. The lowest BCUT2D eigenvalue weighted by molar-refractivity contribution is -0.134. The number of carboxylic acid groups (broad SMARTS) is 2. The van der Waals surface area contributed by atoms with Crippen LogP contribution in [0.5, 0.6) is 0 Å². The second-order valence-corrected chi connectivity index (χ2v) is 5.84. The van der Waals surface area contributed by atoms with Gasteiger partial charge in [-0.25, -0.2) is 9.59 Å². The molecule has 3 N–H and O–H groups in total. The van der Waals surface area contributed by atoms with E-state index in [0.29, 0.717) is 12.2 Å². The topological polar surface area (TPSA) is 106 Å². The summed E-state index contributed by atoms with van der Waals surface area (Å²) in [6.07, 6.45) is 7.63. The summed E-state index contributed by atoms with van der Waals surface area (Å²) in [5.41, 5.74) is 2.56. The molecule has 0 aromatic carbocycles. The van der Waals surface area contributed by atoms with Crippen molar-refractivity contribution in [2.75, 3.05) is 49.1 Å². The van der Waals surface area contributed by atoms with Crippen LogP contribution in [0.4, 0.5) is 11.4 Å². The molecule has 2 fully saturated rings. The minimum Gasteiger partial charge on any atom is -0.478 e. The van der Waals surface area contributed by atoms with Gasteiger partial charge < -0.3 is 25.3 Å². The molecule has 2 aliphatic heterocycles. The molecule has 2 saturated heterocycles. The van der Waals surface area contributed by atoms with Gasteiger partial charge in [-0.3, -0.25) is 4.98 Å². The van der Waals surface area contributed by atoms with Gasteiger partial charge in [0, 0.05) is 44.9 Å². The van der Waals surface area contributed by atoms with E-state index < -0.39 is 11.9 Å². The summed E-state index contributed by atoms with van der Waals surface area (Å²) < 4.78 is 0. The first kappa shape index (κ1) is 18.7. The van der Waals surface area contributed by atoms with Gasteiger partial charge in [0.15, 0.2) is 0 Å². The Hall–Kier alpha value is -2.61. The molecule has 3 heterocycles. The monoisotopic (exact) mass is 348 g/mol. The zero-order valence-corrected chi connectivity index (χ0v) is 14.1. The predicted octanol–water partition coefficient (Wildman–Crippen LogP) is 0.803. The van der Waals surface area contributed by atoms with Gasteiger partial charge in [-0.15, -0.1) is 0 Å². The number of nitrogens with zero attached hydrogens (tertiary/aromatic N) is 3. The van der Waals surface area contributed by atoms with E-state index in [4.69, 9.17) is 10.2 Å². The lowest BCUT2D eigenvalue weighted by Crippen LogP contribution is -2.37. The molecule has 2 aliphatic rings. The van der Waals surface area contributed by atoms with Crippen molar-refractivity contribution in [1.29, 1.82) is 0 Å². The molecule has 0 aliphatic carbocycles. The summed E-state index contributed by atoms with van der Waals surface area (Å²) in [6, 6.07) is 2.29. The van der Waals surface area contributed by atoms with Gasteiger partial charge >= 0.3 is 11.9 Å². The second kappa shape index (κ2) is 9.63. The minimum absolute atomic E-state index is 0.558. The molecule has 8 nitrogen and oxygen atoms in total. The average Bonchev–Trinajstić information content (AvgIpc) is 2.81. The van der Waals surface area contributed by atoms with E-state index >= 15 is 0 Å². The molecule has 136 valence electrons. The fourth-order valence-corrected chi connectivity index (χ4v) is 2.58. The fourth-order valence-electron chi connectivity index (χ4n) is 2.58. The first-order valence-corrected chi connectivity index (χ1v) is 8.36. The van der Waals surface area contributed by atoms with Gasteiger partial charge in [0.25, 0.3) is 0 Å². The third kappa shape index (κ3) is 6.42. The zero-order chi connectivity index (χ0) is 18.1. The van der Waals surface area contributed by atoms with Crippen molar-refractivity contribution in [1.82, 2.24) is 10.3 Å². The number of hydrogen-bond acceptors (Lipinski definition) is 6. The van der Waals surface area contributed by atoms with Crippen molar-refractivity contribution in [3.8, 4) is 0 Å². The summed E-state index contributed by atoms with van der Waals surface area (Å²) >= 11 is 0. The number of aliphatic carboxylic acids is 2. The predicted molar refractivity (Wildman–Crippen MR) is 95.2 cm³/mol. The summed E-state index contributed by atoms with van der Waals surface area (Å²) in [6.45, 7) is 6.81. The standard InChI is InChI=1S/C13H20N4.C4H4O4/c1-3-14-4-8-17(5-1)13-9-12(10-15-11-13)16-6-2-7-16;5-3(6)1-2-4(7)8/h9-11,14H,1-8H2;1-2H,(H,5,6)(H,7,8)/b;2-1+. The number of anilines is 2. The Morgan fingerprint density at radius 3 is 2.00 bits per heavy atom. The Morgan fingerprint density at radius 1 is 0.920 bits per heavy atom. The van der Waals surface area contributed by atoms with Crippen molar-refractivity contribution in [2.45, 2.75) is 12.8 Å². The Balaban J connectivity index is 0.000000242. The lowest BCUT2D eigenvalue weighted by atomic mass is 10.2. The van der Waals surface area contributed by atoms with Crippen LogP contribution in [-0.2, 0) is 9.59 Å². The van der Waals surface area contributed by atoms with Crippen LogP contribution in [0.1, 0.15) is 12.8 Å². The molecule has 0 spiro atoms. The van der Waals surface area contributed by atoms with Gasteiger partial charge in [0.05, 0.1) is 23.8 Å². The van der Waals surface area contributed by atoms with Crippen LogP contribution in [-0.4, -0.2) is 66.4 Å². The maximum Gasteiger partial charge on any atom is 0.328 e. The molecule has 3 rings (SSSR count). The SMILES string of the molecule is O=C(O)/C=C/C(=O)O.c1ncc(N2CCCNCC2)cc1N1CCC1. The number of rotatable bonds is 4. The molecule has 0 radical (unpaired) electrons. The molecule has 0 amide bonds. The molecular weight excluding hydrogens is 324 g/mol. The fraction of sp³-hybridized carbons (Fsp3) is 0.471. The largest absolute Gasteiger partial charge is 0.478 e. The van der Waals surface area contributed by atoms with Gasteiger partial charge in [0.2, 0.25) is 0 Å². The van der Waals surface area contributed by atoms with E-state index in [2.05, 4.69) is 26.2 Å². The number of carboxylic acids is 2. The summed E-state index contributed by atoms with van der Waals surface area (Å²) in [5.74, 6) is -2.51. The van der Waals surface area contributed by atoms with E-state index in [9.17, 15) is 9.59 Å². The number of carbonyl (C=O) groups is 2. The van der Waals surface area contributed by atoms with Crippen LogP contribution in [0, 0.1) is 0 Å². The van der Waals surface area contributed by atoms with E-state index in [1.165, 1.54) is 37.3 Å². The maximum atomic E-state index is 9.55. The van der Waals surface area contributed by atoms with Gasteiger partial charge in [0.1, 0.15) is 0 Å². The second-order valence-electron chi connectivity index (χ2n) is 5.84. The zero-order valence-electron chi connectivity index (χ0n) is 14.1. The van der Waals surface area contributed by atoms with Crippen LogP contribution in [0.3, 0.4) is 0 Å². The highest BCUT2D eigenvalue weighted by Crippen LogP contribution is 2.24. The van der Waals surface area contributed by atoms with Crippen molar-refractivity contribution >= 4 is 23.3 Å². The molecule has 0 saturated carbocycles. The molecule has 0 atom stereocenters. The van der Waals surface area contributed by atoms with Crippen LogP contribution in [0.2, 0.25) is 0 Å². The van der Waals surface area contributed by atoms with Crippen LogP contribution < -0.4 is 15.1 Å². The van der Waals surface area contributed by atoms with Crippen molar-refractivity contribution < 1.29 is 19.8 Å². The molecule has 8 heteroatoms.